The molecule has 1 heterocycles. The fourth-order valence-corrected chi connectivity index (χ4v) is 1.99. The Balaban J connectivity index is 2.81. The van der Waals surface area contributed by atoms with Crippen LogP contribution in [0.4, 0.5) is 0 Å². The lowest BCUT2D eigenvalue weighted by atomic mass is 10.1. The molecule has 0 aliphatic rings. The van der Waals surface area contributed by atoms with Crippen molar-refractivity contribution in [2.24, 2.45) is 0 Å². The third-order valence-corrected chi connectivity index (χ3v) is 2.72. The van der Waals surface area contributed by atoms with E-state index >= 15 is 0 Å². The van der Waals surface area contributed by atoms with E-state index < -0.39 is 0 Å². The summed E-state index contributed by atoms with van der Waals surface area (Å²) in [5.41, 5.74) is 1.55. The van der Waals surface area contributed by atoms with Crippen molar-refractivity contribution in [1.82, 2.24) is 4.57 Å². The van der Waals surface area contributed by atoms with Gasteiger partial charge in [-0.05, 0) is 13.0 Å². The lowest BCUT2D eigenvalue weighted by molar-refractivity contribution is 0.101. The van der Waals surface area contributed by atoms with Crippen molar-refractivity contribution in [3.63, 3.8) is 0 Å². The molecule has 1 aromatic heterocycles. The maximum atomic E-state index is 11.6. The first-order valence-corrected chi connectivity index (χ1v) is 5.29. The monoisotopic (exact) mass is 227 g/mol. The summed E-state index contributed by atoms with van der Waals surface area (Å²) < 4.78 is 7.17. The van der Waals surface area contributed by atoms with E-state index in [1.165, 1.54) is 0 Å². The van der Waals surface area contributed by atoms with Crippen molar-refractivity contribution < 1.29 is 9.53 Å². The Labute approximate surface area is 100.0 Å². The lowest BCUT2D eigenvalue weighted by Gasteiger charge is -2.05. The molecule has 0 bridgehead atoms. The molecular weight excluding hydrogens is 214 g/mol. The average molecular weight is 227 g/mol. The van der Waals surface area contributed by atoms with Crippen LogP contribution in [0.3, 0.4) is 0 Å². The Hall–Kier alpha value is -2.21. The first-order chi connectivity index (χ1) is 8.19. The largest absolute Gasteiger partial charge is 0.495 e. The van der Waals surface area contributed by atoms with E-state index in [0.29, 0.717) is 12.1 Å². The maximum Gasteiger partial charge on any atom is 0.161 e. The van der Waals surface area contributed by atoms with Gasteiger partial charge in [0.2, 0.25) is 0 Å². The molecule has 0 unspecified atom stereocenters. The number of carbonyl (C=O) groups is 1. The van der Waals surface area contributed by atoms with Crippen molar-refractivity contribution in [2.45, 2.75) is 13.5 Å². The number of carbonyl (C=O) groups excluding carboxylic acids is 1. The molecule has 2 aromatic rings. The summed E-state index contributed by atoms with van der Waals surface area (Å²) in [6.07, 6.45) is 7.12. The molecule has 2 rings (SSSR count). The minimum atomic E-state index is 0.0269. The molecule has 0 spiro atoms. The number of fused-ring (bicyclic) bond motifs is 1. The van der Waals surface area contributed by atoms with Crippen molar-refractivity contribution in [2.75, 3.05) is 7.11 Å². The second-order valence-corrected chi connectivity index (χ2v) is 3.79. The highest BCUT2D eigenvalue weighted by Crippen LogP contribution is 2.29. The van der Waals surface area contributed by atoms with Crippen LogP contribution in [0.5, 0.6) is 5.75 Å². The highest BCUT2D eigenvalue weighted by Gasteiger charge is 2.14. The number of hydrogen-bond donors (Lipinski definition) is 0. The van der Waals surface area contributed by atoms with E-state index in [2.05, 4.69) is 5.92 Å². The summed E-state index contributed by atoms with van der Waals surface area (Å²) in [7, 11) is 1.61. The summed E-state index contributed by atoms with van der Waals surface area (Å²) in [6, 6.07) is 5.63. The third-order valence-electron chi connectivity index (χ3n) is 2.72. The Kier molecular flexibility index (Phi) is 2.88. The fourth-order valence-electron chi connectivity index (χ4n) is 1.99. The number of terminal acetylenes is 1. The predicted octanol–water partition coefficient (Wildman–Crippen LogP) is 2.49. The first kappa shape index (κ1) is 11.3. The molecule has 0 saturated heterocycles. The van der Waals surface area contributed by atoms with Crippen LogP contribution >= 0.6 is 0 Å². The van der Waals surface area contributed by atoms with Gasteiger partial charge in [0.25, 0.3) is 0 Å². The van der Waals surface area contributed by atoms with Gasteiger partial charge < -0.3 is 9.30 Å². The number of hydrogen-bond acceptors (Lipinski definition) is 2. The molecule has 0 amide bonds. The van der Waals surface area contributed by atoms with Crippen molar-refractivity contribution in [1.29, 1.82) is 0 Å². The molecule has 86 valence electrons. The summed E-state index contributed by atoms with van der Waals surface area (Å²) in [5.74, 6) is 3.33. The Morgan fingerprint density at radius 1 is 1.53 bits per heavy atom. The van der Waals surface area contributed by atoms with Crippen molar-refractivity contribution in [3.05, 3.63) is 30.0 Å². The molecule has 3 heteroatoms. The van der Waals surface area contributed by atoms with Gasteiger partial charge in [-0.3, -0.25) is 4.79 Å². The molecular formula is C14H13NO2. The zero-order valence-corrected chi connectivity index (χ0v) is 9.86. The molecule has 1 aromatic carbocycles. The minimum Gasteiger partial charge on any atom is -0.495 e. The van der Waals surface area contributed by atoms with Crippen LogP contribution in [0.25, 0.3) is 10.9 Å². The predicted molar refractivity (Wildman–Crippen MR) is 67.3 cm³/mol. The molecule has 0 aliphatic heterocycles. The third kappa shape index (κ3) is 1.78. The standard InChI is InChI=1S/C14H13NO2/c1-4-8-15-9-12(10(2)16)11-6-5-7-13(17-3)14(11)15/h1,5-7,9H,8H2,2-3H3. The van der Waals surface area contributed by atoms with Gasteiger partial charge in [0, 0.05) is 17.1 Å². The number of ketones is 1. The van der Waals surface area contributed by atoms with Gasteiger partial charge in [0.15, 0.2) is 5.78 Å². The topological polar surface area (TPSA) is 31.2 Å². The minimum absolute atomic E-state index is 0.0269. The molecule has 0 saturated carbocycles. The zero-order valence-electron chi connectivity index (χ0n) is 9.86. The number of aromatic nitrogens is 1. The summed E-state index contributed by atoms with van der Waals surface area (Å²) >= 11 is 0. The van der Waals surface area contributed by atoms with Gasteiger partial charge in [-0.25, -0.2) is 0 Å². The van der Waals surface area contributed by atoms with E-state index in [1.54, 1.807) is 20.2 Å². The molecule has 0 atom stereocenters. The number of methoxy groups -OCH3 is 1. The van der Waals surface area contributed by atoms with Crippen molar-refractivity contribution >= 4 is 16.7 Å². The molecule has 0 N–H and O–H groups in total. The van der Waals surface area contributed by atoms with Crippen LogP contribution < -0.4 is 4.74 Å². The fraction of sp³-hybridized carbons (Fsp3) is 0.214. The van der Waals surface area contributed by atoms with Crippen LogP contribution in [-0.2, 0) is 6.54 Å². The van der Waals surface area contributed by atoms with Gasteiger partial charge in [-0.15, -0.1) is 6.42 Å². The number of ether oxygens (including phenoxy) is 1. The summed E-state index contributed by atoms with van der Waals surface area (Å²) in [6.45, 7) is 1.97. The highest BCUT2D eigenvalue weighted by molar-refractivity contribution is 6.08. The Morgan fingerprint density at radius 3 is 2.88 bits per heavy atom. The second-order valence-electron chi connectivity index (χ2n) is 3.79. The average Bonchev–Trinajstić information content (AvgIpc) is 2.69. The van der Waals surface area contributed by atoms with Crippen LogP contribution in [-0.4, -0.2) is 17.5 Å². The number of nitrogens with zero attached hydrogens (tertiary/aromatic N) is 1. The SMILES string of the molecule is C#CCn1cc(C(C)=O)c2cccc(OC)c21. The van der Waals surface area contributed by atoms with E-state index in [9.17, 15) is 4.79 Å². The van der Waals surface area contributed by atoms with Gasteiger partial charge in [0.05, 0.1) is 19.2 Å². The zero-order chi connectivity index (χ0) is 12.4. The van der Waals surface area contributed by atoms with Gasteiger partial charge >= 0.3 is 0 Å². The smallest absolute Gasteiger partial charge is 0.161 e. The number of rotatable bonds is 3. The van der Waals surface area contributed by atoms with E-state index in [0.717, 1.165) is 16.7 Å². The van der Waals surface area contributed by atoms with E-state index in [1.807, 2.05) is 22.8 Å². The molecule has 0 fully saturated rings. The van der Waals surface area contributed by atoms with Gasteiger partial charge in [0.1, 0.15) is 5.75 Å². The summed E-state index contributed by atoms with van der Waals surface area (Å²) in [5, 5.41) is 0.882. The quantitative estimate of drug-likeness (QED) is 0.596. The Bertz CT molecular complexity index is 617. The molecule has 0 radical (unpaired) electrons. The maximum absolute atomic E-state index is 11.6. The van der Waals surface area contributed by atoms with Gasteiger partial charge in [-0.2, -0.15) is 0 Å². The van der Waals surface area contributed by atoms with Crippen LogP contribution in [0.1, 0.15) is 17.3 Å². The Morgan fingerprint density at radius 2 is 2.29 bits per heavy atom. The number of Topliss-reactive ketones (excluding diaryl/α,β-unsaturated/α-hetero) is 1. The van der Waals surface area contributed by atoms with E-state index in [4.69, 9.17) is 11.2 Å². The van der Waals surface area contributed by atoms with Crippen molar-refractivity contribution in [3.8, 4) is 18.1 Å². The number of benzene rings is 1. The lowest BCUT2D eigenvalue weighted by Crippen LogP contribution is -1.95. The summed E-state index contributed by atoms with van der Waals surface area (Å²) in [4.78, 5) is 11.6. The highest BCUT2D eigenvalue weighted by atomic mass is 16.5. The van der Waals surface area contributed by atoms with E-state index in [-0.39, 0.29) is 5.78 Å². The second kappa shape index (κ2) is 4.34. The van der Waals surface area contributed by atoms with Crippen LogP contribution in [0.2, 0.25) is 0 Å². The van der Waals surface area contributed by atoms with Crippen LogP contribution in [0.15, 0.2) is 24.4 Å². The van der Waals surface area contributed by atoms with Crippen LogP contribution in [0, 0.1) is 12.3 Å². The van der Waals surface area contributed by atoms with Gasteiger partial charge in [-0.1, -0.05) is 18.1 Å². The normalized spacial score (nSPS) is 10.2. The molecule has 3 nitrogen and oxygen atoms in total. The molecule has 17 heavy (non-hydrogen) atoms. The number of para-hydroxylation sites is 1. The first-order valence-electron chi connectivity index (χ1n) is 5.29. The molecule has 0 aliphatic carbocycles.